The van der Waals surface area contributed by atoms with E-state index in [9.17, 15) is 4.79 Å². The van der Waals surface area contributed by atoms with E-state index in [-0.39, 0.29) is 12.5 Å². The minimum absolute atomic E-state index is 0.134. The van der Waals surface area contributed by atoms with Crippen LogP contribution in [-0.2, 0) is 11.2 Å². The topological polar surface area (TPSA) is 51.2 Å². The molecule has 134 valence electrons. The first-order valence-corrected chi connectivity index (χ1v) is 9.45. The molecule has 0 fully saturated rings. The molecule has 4 nitrogen and oxygen atoms in total. The highest BCUT2D eigenvalue weighted by Gasteiger charge is 2.09. The van der Waals surface area contributed by atoms with Crippen LogP contribution in [-0.4, -0.2) is 17.5 Å². The van der Waals surface area contributed by atoms with Gasteiger partial charge in [-0.15, -0.1) is 11.3 Å². The van der Waals surface area contributed by atoms with Crippen LogP contribution in [0.4, 0.5) is 5.13 Å². The van der Waals surface area contributed by atoms with Gasteiger partial charge in [0.15, 0.2) is 11.7 Å². The summed E-state index contributed by atoms with van der Waals surface area (Å²) in [5.41, 5.74) is 2.44. The SMILES string of the molecule is Cc1cccc(Cc2cnc(NC(=O)COc3ccc(Cl)c(Cl)c3)s2)c1. The number of aromatic nitrogens is 1. The number of carbonyl (C=O) groups is 1. The number of rotatable bonds is 6. The van der Waals surface area contributed by atoms with Gasteiger partial charge in [-0.05, 0) is 24.6 Å². The van der Waals surface area contributed by atoms with Crippen molar-refractivity contribution in [2.24, 2.45) is 0 Å². The fourth-order valence-corrected chi connectivity index (χ4v) is 3.49. The fourth-order valence-electron chi connectivity index (χ4n) is 2.34. The van der Waals surface area contributed by atoms with Gasteiger partial charge in [0.05, 0.1) is 10.0 Å². The van der Waals surface area contributed by atoms with E-state index in [2.05, 4.69) is 35.4 Å². The van der Waals surface area contributed by atoms with Crippen LogP contribution in [0.2, 0.25) is 10.0 Å². The Labute approximate surface area is 165 Å². The third-order valence-electron chi connectivity index (χ3n) is 3.52. The maximum Gasteiger partial charge on any atom is 0.264 e. The van der Waals surface area contributed by atoms with Crippen LogP contribution in [0.25, 0.3) is 0 Å². The summed E-state index contributed by atoms with van der Waals surface area (Å²) in [7, 11) is 0. The molecule has 1 aromatic heterocycles. The molecule has 1 amide bonds. The molecule has 3 aromatic rings. The summed E-state index contributed by atoms with van der Waals surface area (Å²) in [6.07, 6.45) is 2.57. The van der Waals surface area contributed by atoms with Crippen molar-refractivity contribution in [1.82, 2.24) is 4.98 Å². The van der Waals surface area contributed by atoms with Gasteiger partial charge >= 0.3 is 0 Å². The lowest BCUT2D eigenvalue weighted by Gasteiger charge is -2.06. The van der Waals surface area contributed by atoms with Gasteiger partial charge in [-0.1, -0.05) is 53.0 Å². The number of nitrogens with zero attached hydrogens (tertiary/aromatic N) is 1. The largest absolute Gasteiger partial charge is 0.484 e. The van der Waals surface area contributed by atoms with Gasteiger partial charge in [0, 0.05) is 23.6 Å². The van der Waals surface area contributed by atoms with Crippen LogP contribution in [0.15, 0.2) is 48.7 Å². The van der Waals surface area contributed by atoms with E-state index in [4.69, 9.17) is 27.9 Å². The van der Waals surface area contributed by atoms with Crippen LogP contribution in [0.5, 0.6) is 5.75 Å². The van der Waals surface area contributed by atoms with Crippen molar-refractivity contribution >= 4 is 45.6 Å². The molecular formula is C19H16Cl2N2O2S. The number of nitrogens with one attached hydrogen (secondary N) is 1. The van der Waals surface area contributed by atoms with E-state index in [1.165, 1.54) is 22.5 Å². The van der Waals surface area contributed by atoms with Crippen LogP contribution in [0.3, 0.4) is 0 Å². The Balaban J connectivity index is 1.53. The molecule has 2 aromatic carbocycles. The number of amides is 1. The summed E-state index contributed by atoms with van der Waals surface area (Å²) in [5.74, 6) is 0.196. The van der Waals surface area contributed by atoms with Crippen molar-refractivity contribution < 1.29 is 9.53 Å². The second-order valence-corrected chi connectivity index (χ2v) is 7.64. The third kappa shape index (κ3) is 5.21. The molecule has 0 aliphatic carbocycles. The molecule has 0 saturated carbocycles. The number of halogens is 2. The van der Waals surface area contributed by atoms with Crippen molar-refractivity contribution in [1.29, 1.82) is 0 Å². The molecule has 0 bridgehead atoms. The Morgan fingerprint density at radius 3 is 2.81 bits per heavy atom. The zero-order valence-electron chi connectivity index (χ0n) is 14.0. The number of hydrogen-bond donors (Lipinski definition) is 1. The number of hydrogen-bond acceptors (Lipinski definition) is 4. The van der Waals surface area contributed by atoms with Crippen LogP contribution >= 0.6 is 34.5 Å². The molecule has 0 spiro atoms. The van der Waals surface area contributed by atoms with Gasteiger partial charge in [-0.25, -0.2) is 4.98 Å². The molecule has 7 heteroatoms. The molecule has 0 radical (unpaired) electrons. The van der Waals surface area contributed by atoms with Gasteiger partial charge in [-0.2, -0.15) is 0 Å². The van der Waals surface area contributed by atoms with Crippen LogP contribution in [0, 0.1) is 6.92 Å². The predicted molar refractivity (Wildman–Crippen MR) is 107 cm³/mol. The first-order chi connectivity index (χ1) is 12.5. The van der Waals surface area contributed by atoms with E-state index in [1.807, 2.05) is 6.07 Å². The summed E-state index contributed by atoms with van der Waals surface area (Å²) >= 11 is 13.2. The summed E-state index contributed by atoms with van der Waals surface area (Å²) in [6.45, 7) is 1.93. The zero-order valence-corrected chi connectivity index (χ0v) is 16.3. The maximum atomic E-state index is 12.0. The van der Waals surface area contributed by atoms with Crippen molar-refractivity contribution in [3.63, 3.8) is 0 Å². The maximum absolute atomic E-state index is 12.0. The number of ether oxygens (including phenoxy) is 1. The van der Waals surface area contributed by atoms with E-state index >= 15 is 0 Å². The Morgan fingerprint density at radius 1 is 1.19 bits per heavy atom. The normalized spacial score (nSPS) is 10.6. The van der Waals surface area contributed by atoms with E-state index in [0.717, 1.165) is 11.3 Å². The number of benzene rings is 2. The van der Waals surface area contributed by atoms with Gasteiger partial charge in [0.25, 0.3) is 5.91 Å². The molecule has 1 N–H and O–H groups in total. The van der Waals surface area contributed by atoms with Gasteiger partial charge in [0.1, 0.15) is 5.75 Å². The molecule has 3 rings (SSSR count). The summed E-state index contributed by atoms with van der Waals surface area (Å²) in [4.78, 5) is 17.3. The van der Waals surface area contributed by atoms with Gasteiger partial charge < -0.3 is 4.74 Å². The van der Waals surface area contributed by atoms with Crippen molar-refractivity contribution in [2.75, 3.05) is 11.9 Å². The molecule has 26 heavy (non-hydrogen) atoms. The Hall–Kier alpha value is -2.08. The second kappa shape index (κ2) is 8.54. The molecule has 0 atom stereocenters. The highest BCUT2D eigenvalue weighted by atomic mass is 35.5. The lowest BCUT2D eigenvalue weighted by atomic mass is 10.1. The lowest BCUT2D eigenvalue weighted by molar-refractivity contribution is -0.118. The first-order valence-electron chi connectivity index (χ1n) is 7.87. The quantitative estimate of drug-likeness (QED) is 0.598. The van der Waals surface area contributed by atoms with E-state index in [1.54, 1.807) is 24.4 Å². The molecule has 0 aliphatic heterocycles. The van der Waals surface area contributed by atoms with Crippen LogP contribution < -0.4 is 10.1 Å². The summed E-state index contributed by atoms with van der Waals surface area (Å²) in [6, 6.07) is 13.2. The Kier molecular flexibility index (Phi) is 6.14. The van der Waals surface area contributed by atoms with Gasteiger partial charge in [-0.3, -0.25) is 10.1 Å². The Morgan fingerprint density at radius 2 is 2.04 bits per heavy atom. The summed E-state index contributed by atoms with van der Waals surface area (Å²) < 4.78 is 5.41. The Bertz CT molecular complexity index is 927. The predicted octanol–water partition coefficient (Wildman–Crippen LogP) is 5.37. The third-order valence-corrected chi connectivity index (χ3v) is 5.17. The van der Waals surface area contributed by atoms with E-state index < -0.39 is 0 Å². The highest BCUT2D eigenvalue weighted by Crippen LogP contribution is 2.26. The monoisotopic (exact) mass is 406 g/mol. The first kappa shape index (κ1) is 18.7. The minimum Gasteiger partial charge on any atom is -0.484 e. The second-order valence-electron chi connectivity index (χ2n) is 5.71. The highest BCUT2D eigenvalue weighted by molar-refractivity contribution is 7.15. The smallest absolute Gasteiger partial charge is 0.264 e. The zero-order chi connectivity index (χ0) is 18.5. The number of anilines is 1. The summed E-state index contributed by atoms with van der Waals surface area (Å²) in [5, 5.41) is 4.11. The van der Waals surface area contributed by atoms with Gasteiger partial charge in [0.2, 0.25) is 0 Å². The molecule has 1 heterocycles. The average molecular weight is 407 g/mol. The van der Waals surface area contributed by atoms with Crippen molar-refractivity contribution in [3.05, 3.63) is 74.7 Å². The van der Waals surface area contributed by atoms with Crippen LogP contribution in [0.1, 0.15) is 16.0 Å². The minimum atomic E-state index is -0.285. The standard InChI is InChI=1S/C19H16Cl2N2O2S/c1-12-3-2-4-13(7-12)8-15-10-22-19(26-15)23-18(24)11-25-14-5-6-16(20)17(21)9-14/h2-7,9-10H,8,11H2,1H3,(H,22,23,24). The fraction of sp³-hybridized carbons (Fsp3) is 0.158. The lowest BCUT2D eigenvalue weighted by Crippen LogP contribution is -2.19. The molecule has 0 unspecified atom stereocenters. The van der Waals surface area contributed by atoms with E-state index in [0.29, 0.717) is 20.9 Å². The van der Waals surface area contributed by atoms with Crippen molar-refractivity contribution in [2.45, 2.75) is 13.3 Å². The number of carbonyl (C=O) groups excluding carboxylic acids is 1. The average Bonchev–Trinajstić information content (AvgIpc) is 3.03. The number of aryl methyl sites for hydroxylation is 1. The molecular weight excluding hydrogens is 391 g/mol. The molecule has 0 aliphatic rings. The van der Waals surface area contributed by atoms with Crippen molar-refractivity contribution in [3.8, 4) is 5.75 Å². The number of thiazole rings is 1. The molecule has 0 saturated heterocycles.